The van der Waals surface area contributed by atoms with Gasteiger partial charge in [0.2, 0.25) is 0 Å². The molecule has 4 nitrogen and oxygen atoms in total. The van der Waals surface area contributed by atoms with E-state index in [1.54, 1.807) is 12.1 Å². The maximum atomic E-state index is 14.0. The van der Waals surface area contributed by atoms with Gasteiger partial charge in [-0.05, 0) is 37.5 Å². The zero-order valence-electron chi connectivity index (χ0n) is 12.6. The molecule has 1 saturated carbocycles. The molecule has 1 amide bonds. The van der Waals surface area contributed by atoms with E-state index in [0.29, 0.717) is 33.0 Å². The predicted molar refractivity (Wildman–Crippen MR) is 88.9 cm³/mol. The minimum Gasteiger partial charge on any atom is -0.381 e. The lowest BCUT2D eigenvalue weighted by Crippen LogP contribution is -2.37. The van der Waals surface area contributed by atoms with E-state index in [4.69, 9.17) is 4.74 Å². The monoisotopic (exact) mass is 380 g/mol. The second-order valence-electron chi connectivity index (χ2n) is 6.45. The Hall–Kier alpha value is -1.40. The molecule has 122 valence electrons. The van der Waals surface area contributed by atoms with Gasteiger partial charge in [0.25, 0.3) is 5.91 Å². The van der Waals surface area contributed by atoms with Gasteiger partial charge in [0, 0.05) is 35.0 Å². The molecule has 0 unspecified atom stereocenters. The van der Waals surface area contributed by atoms with Crippen molar-refractivity contribution in [2.45, 2.75) is 25.3 Å². The van der Waals surface area contributed by atoms with Crippen LogP contribution in [0.1, 0.15) is 29.8 Å². The molecular formula is C17H18BrFN2O2. The molecule has 23 heavy (non-hydrogen) atoms. The standard InChI is InChI=1S/C17H18BrFN2O2/c18-11-5-14(19)13-7-16(20-15(13)6-11)17(22)21(12-1-2-12)8-10-3-4-23-9-10/h5-7,10,12,20H,1-4,8-9H2/t10-/m0/s1. The highest BCUT2D eigenvalue weighted by Crippen LogP contribution is 2.31. The number of aromatic amines is 1. The number of hydrogen-bond donors (Lipinski definition) is 1. The summed E-state index contributed by atoms with van der Waals surface area (Å²) in [6.07, 6.45) is 3.11. The third-order valence-corrected chi connectivity index (χ3v) is 5.07. The molecular weight excluding hydrogens is 363 g/mol. The molecule has 1 aromatic heterocycles. The van der Waals surface area contributed by atoms with Crippen LogP contribution in [0.2, 0.25) is 0 Å². The van der Waals surface area contributed by atoms with Crippen molar-refractivity contribution in [2.24, 2.45) is 5.92 Å². The summed E-state index contributed by atoms with van der Waals surface area (Å²) in [6, 6.07) is 5.16. The Morgan fingerprint density at radius 3 is 2.87 bits per heavy atom. The molecule has 0 bridgehead atoms. The second-order valence-corrected chi connectivity index (χ2v) is 7.37. The first-order chi connectivity index (χ1) is 11.1. The molecule has 6 heteroatoms. The molecule has 2 aromatic rings. The first-order valence-corrected chi connectivity index (χ1v) is 8.77. The van der Waals surface area contributed by atoms with Gasteiger partial charge < -0.3 is 14.6 Å². The second kappa shape index (κ2) is 5.91. The van der Waals surface area contributed by atoms with Crippen LogP contribution in [0.15, 0.2) is 22.7 Å². The maximum Gasteiger partial charge on any atom is 0.270 e. The van der Waals surface area contributed by atoms with Crippen LogP contribution in [0.25, 0.3) is 10.9 Å². The number of benzene rings is 1. The highest BCUT2D eigenvalue weighted by molar-refractivity contribution is 9.10. The zero-order chi connectivity index (χ0) is 16.0. The average Bonchev–Trinajstić information content (AvgIpc) is 3.05. The first kappa shape index (κ1) is 15.1. The summed E-state index contributed by atoms with van der Waals surface area (Å²) in [7, 11) is 0. The van der Waals surface area contributed by atoms with Gasteiger partial charge in [-0.15, -0.1) is 0 Å². The van der Waals surface area contributed by atoms with Gasteiger partial charge in [0.05, 0.1) is 12.1 Å². The normalized spacial score (nSPS) is 21.0. The van der Waals surface area contributed by atoms with E-state index >= 15 is 0 Å². The summed E-state index contributed by atoms with van der Waals surface area (Å²) in [5, 5.41) is 0.455. The number of H-pyrrole nitrogens is 1. The molecule has 1 aliphatic heterocycles. The number of rotatable bonds is 4. The number of amides is 1. The van der Waals surface area contributed by atoms with Gasteiger partial charge in [0.1, 0.15) is 11.5 Å². The average molecular weight is 381 g/mol. The van der Waals surface area contributed by atoms with Crippen LogP contribution in [0.3, 0.4) is 0 Å². The minimum atomic E-state index is -0.327. The number of carbonyl (C=O) groups excluding carboxylic acids is 1. The Kier molecular flexibility index (Phi) is 3.89. The van der Waals surface area contributed by atoms with Gasteiger partial charge in [-0.1, -0.05) is 15.9 Å². The zero-order valence-corrected chi connectivity index (χ0v) is 14.2. The Morgan fingerprint density at radius 1 is 1.35 bits per heavy atom. The Balaban J connectivity index is 1.62. The van der Waals surface area contributed by atoms with E-state index in [-0.39, 0.29) is 11.7 Å². The lowest BCUT2D eigenvalue weighted by molar-refractivity contribution is 0.0701. The SMILES string of the molecule is O=C(c1cc2c(F)cc(Br)cc2[nH]1)N(C[C@@H]1CCOC1)C1CC1. The lowest BCUT2D eigenvalue weighted by atomic mass is 10.1. The van der Waals surface area contributed by atoms with E-state index in [1.165, 1.54) is 6.07 Å². The van der Waals surface area contributed by atoms with Crippen molar-refractivity contribution in [3.63, 3.8) is 0 Å². The summed E-state index contributed by atoms with van der Waals surface area (Å²) in [5.41, 5.74) is 1.10. The third kappa shape index (κ3) is 3.02. The molecule has 1 atom stereocenters. The number of halogens is 2. The number of nitrogens with zero attached hydrogens (tertiary/aromatic N) is 1. The van der Waals surface area contributed by atoms with Crippen LogP contribution in [-0.4, -0.2) is 41.6 Å². The Labute approximate surface area is 142 Å². The highest BCUT2D eigenvalue weighted by Gasteiger charge is 2.35. The molecule has 1 saturated heterocycles. The van der Waals surface area contributed by atoms with Gasteiger partial charge in [-0.2, -0.15) is 0 Å². The van der Waals surface area contributed by atoms with E-state index in [1.807, 2.05) is 4.90 Å². The van der Waals surface area contributed by atoms with Crippen LogP contribution in [0.4, 0.5) is 4.39 Å². The molecule has 4 rings (SSSR count). The van der Waals surface area contributed by atoms with E-state index in [9.17, 15) is 9.18 Å². The molecule has 1 aromatic carbocycles. The van der Waals surface area contributed by atoms with E-state index < -0.39 is 0 Å². The molecule has 1 N–H and O–H groups in total. The van der Waals surface area contributed by atoms with Crippen LogP contribution >= 0.6 is 15.9 Å². The van der Waals surface area contributed by atoms with Crippen molar-refractivity contribution >= 4 is 32.7 Å². The van der Waals surface area contributed by atoms with Crippen molar-refractivity contribution in [1.82, 2.24) is 9.88 Å². The lowest BCUT2D eigenvalue weighted by Gasteiger charge is -2.24. The van der Waals surface area contributed by atoms with Crippen molar-refractivity contribution < 1.29 is 13.9 Å². The fourth-order valence-corrected chi connectivity index (χ4v) is 3.65. The first-order valence-electron chi connectivity index (χ1n) is 7.98. The fraction of sp³-hybridized carbons (Fsp3) is 0.471. The number of nitrogens with one attached hydrogen (secondary N) is 1. The van der Waals surface area contributed by atoms with Crippen LogP contribution in [-0.2, 0) is 4.74 Å². The van der Waals surface area contributed by atoms with Crippen molar-refractivity contribution in [2.75, 3.05) is 19.8 Å². The number of fused-ring (bicyclic) bond motifs is 1. The van der Waals surface area contributed by atoms with Gasteiger partial charge in [0.15, 0.2) is 0 Å². The van der Waals surface area contributed by atoms with Gasteiger partial charge >= 0.3 is 0 Å². The van der Waals surface area contributed by atoms with E-state index in [0.717, 1.165) is 39.0 Å². The smallest absolute Gasteiger partial charge is 0.270 e. The molecule has 0 radical (unpaired) electrons. The fourth-order valence-electron chi connectivity index (χ4n) is 3.22. The summed E-state index contributed by atoms with van der Waals surface area (Å²) in [5.74, 6) is 0.0489. The maximum absolute atomic E-state index is 14.0. The largest absolute Gasteiger partial charge is 0.381 e. The summed E-state index contributed by atoms with van der Waals surface area (Å²) in [4.78, 5) is 17.9. The number of ether oxygens (including phenoxy) is 1. The van der Waals surface area contributed by atoms with Gasteiger partial charge in [-0.25, -0.2) is 4.39 Å². The number of hydrogen-bond acceptors (Lipinski definition) is 2. The van der Waals surface area contributed by atoms with Crippen LogP contribution in [0.5, 0.6) is 0 Å². The third-order valence-electron chi connectivity index (χ3n) is 4.61. The van der Waals surface area contributed by atoms with Crippen LogP contribution in [0, 0.1) is 11.7 Å². The van der Waals surface area contributed by atoms with Crippen molar-refractivity contribution in [3.8, 4) is 0 Å². The highest BCUT2D eigenvalue weighted by atomic mass is 79.9. The Bertz CT molecular complexity index is 750. The molecule has 1 aliphatic carbocycles. The number of aromatic nitrogens is 1. The summed E-state index contributed by atoms with van der Waals surface area (Å²) >= 11 is 3.28. The summed E-state index contributed by atoms with van der Waals surface area (Å²) in [6.45, 7) is 2.23. The molecule has 2 aliphatic rings. The van der Waals surface area contributed by atoms with Gasteiger partial charge in [-0.3, -0.25) is 4.79 Å². The molecule has 2 heterocycles. The Morgan fingerprint density at radius 2 is 2.17 bits per heavy atom. The van der Waals surface area contributed by atoms with Crippen molar-refractivity contribution in [3.05, 3.63) is 34.2 Å². The predicted octanol–water partition coefficient (Wildman–Crippen LogP) is 3.71. The topological polar surface area (TPSA) is 45.3 Å². The summed E-state index contributed by atoms with van der Waals surface area (Å²) < 4.78 is 20.1. The van der Waals surface area contributed by atoms with E-state index in [2.05, 4.69) is 20.9 Å². The van der Waals surface area contributed by atoms with Crippen LogP contribution < -0.4 is 0 Å². The number of carbonyl (C=O) groups is 1. The molecule has 0 spiro atoms. The quantitative estimate of drug-likeness (QED) is 0.878. The minimum absolute atomic E-state index is 0.0360. The molecule has 2 fully saturated rings. The van der Waals surface area contributed by atoms with Crippen molar-refractivity contribution in [1.29, 1.82) is 0 Å².